The van der Waals surface area contributed by atoms with Crippen molar-refractivity contribution in [1.29, 1.82) is 0 Å². The van der Waals surface area contributed by atoms with Gasteiger partial charge in [0.15, 0.2) is 0 Å². The Kier molecular flexibility index (Phi) is 10.9. The van der Waals surface area contributed by atoms with E-state index in [0.29, 0.717) is 13.1 Å². The zero-order valence-corrected chi connectivity index (χ0v) is 14.0. The Morgan fingerprint density at radius 1 is 0.682 bits per heavy atom. The Hall–Kier alpha value is -0.320. The summed E-state index contributed by atoms with van der Waals surface area (Å²) in [5.74, 6) is 0. The molecule has 1 saturated heterocycles. The molecular weight excluding hydrogens is 284 g/mol. The van der Waals surface area contributed by atoms with Crippen LogP contribution < -0.4 is 21.3 Å². The van der Waals surface area contributed by atoms with Crippen LogP contribution in [0.15, 0.2) is 0 Å². The molecule has 6 N–H and O–H groups in total. The topological polar surface area (TPSA) is 95.1 Å². The van der Waals surface area contributed by atoms with Gasteiger partial charge in [-0.2, -0.15) is 0 Å². The van der Waals surface area contributed by atoms with Gasteiger partial charge in [-0.3, -0.25) is 9.80 Å². The lowest BCUT2D eigenvalue weighted by molar-refractivity contribution is 0.109. The minimum Gasteiger partial charge on any atom is -0.392 e. The summed E-state index contributed by atoms with van der Waals surface area (Å²) in [5, 5.41) is 32.6. The number of aliphatic hydroxyl groups is 2. The van der Waals surface area contributed by atoms with Crippen molar-refractivity contribution in [2.75, 3.05) is 65.9 Å². The summed E-state index contributed by atoms with van der Waals surface area (Å²) < 4.78 is 0. The largest absolute Gasteiger partial charge is 0.392 e. The van der Waals surface area contributed by atoms with E-state index in [4.69, 9.17) is 0 Å². The minimum atomic E-state index is -0.326. The third kappa shape index (κ3) is 10.4. The van der Waals surface area contributed by atoms with Crippen LogP contribution in [0.2, 0.25) is 0 Å². The number of hydrogen-bond acceptors (Lipinski definition) is 8. The highest BCUT2D eigenvalue weighted by molar-refractivity contribution is 4.64. The summed E-state index contributed by atoms with van der Waals surface area (Å²) in [6.45, 7) is 11.4. The summed E-state index contributed by atoms with van der Waals surface area (Å²) in [6, 6.07) is 0. The van der Waals surface area contributed by atoms with Gasteiger partial charge in [0, 0.05) is 65.9 Å². The number of rotatable bonds is 4. The number of nitrogens with zero attached hydrogens (tertiary/aromatic N) is 2. The molecule has 0 spiro atoms. The van der Waals surface area contributed by atoms with E-state index >= 15 is 0 Å². The van der Waals surface area contributed by atoms with E-state index < -0.39 is 0 Å². The summed E-state index contributed by atoms with van der Waals surface area (Å²) >= 11 is 0. The van der Waals surface area contributed by atoms with Gasteiger partial charge in [-0.1, -0.05) is 0 Å². The quantitative estimate of drug-likeness (QED) is 0.340. The second-order valence-electron chi connectivity index (χ2n) is 6.04. The highest BCUT2D eigenvalue weighted by Crippen LogP contribution is 1.90. The molecule has 1 aliphatic rings. The van der Waals surface area contributed by atoms with Crippen LogP contribution in [0.25, 0.3) is 0 Å². The Labute approximate surface area is 134 Å². The predicted octanol–water partition coefficient (Wildman–Crippen LogP) is -2.45. The van der Waals surface area contributed by atoms with Crippen molar-refractivity contribution in [2.45, 2.75) is 26.1 Å². The molecule has 132 valence electrons. The smallest absolute Gasteiger partial charge is 0.0640 e. The van der Waals surface area contributed by atoms with Crippen LogP contribution >= 0.6 is 0 Å². The first-order valence-electron chi connectivity index (χ1n) is 8.21. The molecule has 1 aliphatic heterocycles. The summed E-state index contributed by atoms with van der Waals surface area (Å²) in [4.78, 5) is 4.33. The first-order chi connectivity index (χ1) is 10.6. The van der Waals surface area contributed by atoms with E-state index in [0.717, 1.165) is 52.9 Å². The number of aliphatic hydroxyl groups excluding tert-OH is 2. The Morgan fingerprint density at radius 3 is 1.18 bits per heavy atom. The first-order valence-corrected chi connectivity index (χ1v) is 8.21. The van der Waals surface area contributed by atoms with Gasteiger partial charge in [-0.25, -0.2) is 0 Å². The van der Waals surface area contributed by atoms with Gasteiger partial charge >= 0.3 is 0 Å². The normalized spacial score (nSPS) is 24.5. The van der Waals surface area contributed by atoms with Crippen molar-refractivity contribution in [3.8, 4) is 0 Å². The SMILES string of the molecule is CC(O)CN1CNCCNCN(CC(C)O)CNCCNC1. The van der Waals surface area contributed by atoms with Crippen molar-refractivity contribution in [1.82, 2.24) is 31.1 Å². The van der Waals surface area contributed by atoms with Crippen LogP contribution in [0, 0.1) is 0 Å². The van der Waals surface area contributed by atoms with Crippen molar-refractivity contribution in [2.24, 2.45) is 0 Å². The average molecular weight is 318 g/mol. The highest BCUT2D eigenvalue weighted by atomic mass is 16.3. The zero-order valence-electron chi connectivity index (χ0n) is 14.0. The van der Waals surface area contributed by atoms with Crippen LogP contribution in [-0.2, 0) is 0 Å². The fourth-order valence-corrected chi connectivity index (χ4v) is 2.42. The Morgan fingerprint density at radius 2 is 0.955 bits per heavy atom. The fraction of sp³-hybridized carbons (Fsp3) is 1.00. The molecule has 0 bridgehead atoms. The Bertz CT molecular complexity index is 226. The van der Waals surface area contributed by atoms with Gasteiger partial charge in [0.25, 0.3) is 0 Å². The van der Waals surface area contributed by atoms with E-state index in [1.165, 1.54) is 0 Å². The second kappa shape index (κ2) is 12.1. The molecule has 1 rings (SSSR count). The van der Waals surface area contributed by atoms with Gasteiger partial charge < -0.3 is 31.5 Å². The van der Waals surface area contributed by atoms with Gasteiger partial charge in [-0.05, 0) is 13.8 Å². The third-order valence-electron chi connectivity index (χ3n) is 3.34. The molecule has 2 atom stereocenters. The molecule has 1 heterocycles. The van der Waals surface area contributed by atoms with Crippen LogP contribution in [-0.4, -0.2) is 98.2 Å². The van der Waals surface area contributed by atoms with Crippen molar-refractivity contribution in [3.05, 3.63) is 0 Å². The Balaban J connectivity index is 2.35. The molecule has 0 amide bonds. The molecule has 1 fully saturated rings. The minimum absolute atomic E-state index is 0.326. The number of hydrogen-bond donors (Lipinski definition) is 6. The second-order valence-corrected chi connectivity index (χ2v) is 6.04. The summed E-state index contributed by atoms with van der Waals surface area (Å²) in [7, 11) is 0. The van der Waals surface area contributed by atoms with Crippen LogP contribution in [0.4, 0.5) is 0 Å². The molecule has 8 heteroatoms. The zero-order chi connectivity index (χ0) is 16.2. The van der Waals surface area contributed by atoms with E-state index in [1.807, 2.05) is 13.8 Å². The molecule has 8 nitrogen and oxygen atoms in total. The van der Waals surface area contributed by atoms with Crippen LogP contribution in [0.1, 0.15) is 13.8 Å². The lowest BCUT2D eigenvalue weighted by Crippen LogP contribution is -2.49. The molecule has 22 heavy (non-hydrogen) atoms. The van der Waals surface area contributed by atoms with E-state index in [2.05, 4.69) is 31.1 Å². The van der Waals surface area contributed by atoms with E-state index in [1.54, 1.807) is 0 Å². The summed E-state index contributed by atoms with van der Waals surface area (Å²) in [6.07, 6.45) is -0.652. The van der Waals surface area contributed by atoms with Gasteiger partial charge in [0.1, 0.15) is 0 Å². The average Bonchev–Trinajstić information content (AvgIpc) is 2.43. The first kappa shape index (κ1) is 19.7. The maximum atomic E-state index is 9.53. The fourth-order valence-electron chi connectivity index (χ4n) is 2.42. The van der Waals surface area contributed by atoms with Crippen molar-refractivity contribution in [3.63, 3.8) is 0 Å². The number of β-amino-alcohol motifs (C(OH)–C–C–N with tert-alkyl or cyclic N) is 2. The van der Waals surface area contributed by atoms with Gasteiger partial charge in [0.05, 0.1) is 12.2 Å². The number of nitrogens with one attached hydrogen (secondary N) is 4. The highest BCUT2D eigenvalue weighted by Gasteiger charge is 2.09. The third-order valence-corrected chi connectivity index (χ3v) is 3.34. The molecule has 0 aromatic carbocycles. The molecule has 0 aromatic rings. The van der Waals surface area contributed by atoms with E-state index in [-0.39, 0.29) is 12.2 Å². The molecule has 0 aromatic heterocycles. The lowest BCUT2D eigenvalue weighted by atomic mass is 10.4. The van der Waals surface area contributed by atoms with Crippen molar-refractivity contribution >= 4 is 0 Å². The molecule has 2 unspecified atom stereocenters. The summed E-state index contributed by atoms with van der Waals surface area (Å²) in [5.41, 5.74) is 0. The monoisotopic (exact) mass is 318 g/mol. The maximum absolute atomic E-state index is 9.53. The van der Waals surface area contributed by atoms with Crippen molar-refractivity contribution < 1.29 is 10.2 Å². The van der Waals surface area contributed by atoms with Gasteiger partial charge in [0.2, 0.25) is 0 Å². The van der Waals surface area contributed by atoms with E-state index in [9.17, 15) is 10.2 Å². The molecule has 0 saturated carbocycles. The maximum Gasteiger partial charge on any atom is 0.0640 e. The molecular formula is C14H34N6O2. The molecule has 0 aliphatic carbocycles. The van der Waals surface area contributed by atoms with Gasteiger partial charge in [-0.15, -0.1) is 0 Å². The van der Waals surface area contributed by atoms with Crippen LogP contribution in [0.5, 0.6) is 0 Å². The predicted molar refractivity (Wildman–Crippen MR) is 88.3 cm³/mol. The van der Waals surface area contributed by atoms with Crippen LogP contribution in [0.3, 0.4) is 0 Å². The lowest BCUT2D eigenvalue weighted by Gasteiger charge is -2.27. The standard InChI is InChI=1S/C14H34N6O2/c1-13(21)7-19-9-15-3-5-17-11-20(8-14(2)22)12-18-6-4-16-10-19/h13-18,21-22H,3-12H2,1-2H3. The molecule has 0 radical (unpaired) electrons.